The van der Waals surface area contributed by atoms with Gasteiger partial charge < -0.3 is 5.32 Å². The molecule has 1 rings (SSSR count). The van der Waals surface area contributed by atoms with E-state index in [4.69, 9.17) is 6.42 Å². The molecule has 17 heavy (non-hydrogen) atoms. The van der Waals surface area contributed by atoms with Gasteiger partial charge in [-0.05, 0) is 31.0 Å². The zero-order chi connectivity index (χ0) is 12.7. The summed E-state index contributed by atoms with van der Waals surface area (Å²) in [7, 11) is 0. The van der Waals surface area contributed by atoms with Crippen LogP contribution in [0.4, 0.5) is 8.78 Å². The lowest BCUT2D eigenvalue weighted by Crippen LogP contribution is -2.31. The van der Waals surface area contributed by atoms with Crippen molar-refractivity contribution in [3.05, 3.63) is 35.4 Å². The van der Waals surface area contributed by atoms with Crippen LogP contribution in [0.5, 0.6) is 0 Å². The zero-order valence-electron chi connectivity index (χ0n) is 9.97. The molecule has 0 saturated carbocycles. The van der Waals surface area contributed by atoms with Gasteiger partial charge in [-0.15, -0.1) is 12.3 Å². The summed E-state index contributed by atoms with van der Waals surface area (Å²) < 4.78 is 26.2. The third kappa shape index (κ3) is 4.54. The predicted octanol–water partition coefficient (Wildman–Crippen LogP) is 2.90. The number of halogens is 2. The summed E-state index contributed by atoms with van der Waals surface area (Å²) in [4.78, 5) is 0. The average Bonchev–Trinajstić information content (AvgIpc) is 2.29. The molecule has 0 aliphatic heterocycles. The Morgan fingerprint density at radius 1 is 1.41 bits per heavy atom. The number of benzene rings is 1. The summed E-state index contributed by atoms with van der Waals surface area (Å²) in [5.41, 5.74) is 0.496. The second-order valence-corrected chi connectivity index (χ2v) is 4.00. The lowest BCUT2D eigenvalue weighted by Gasteiger charge is -2.16. The molecule has 3 heteroatoms. The molecule has 1 atom stereocenters. The van der Waals surface area contributed by atoms with Crippen LogP contribution in [0.15, 0.2) is 18.2 Å². The second-order valence-electron chi connectivity index (χ2n) is 4.00. The monoisotopic (exact) mass is 237 g/mol. The van der Waals surface area contributed by atoms with Crippen molar-refractivity contribution in [1.29, 1.82) is 0 Å². The molecule has 1 aromatic rings. The highest BCUT2D eigenvalue weighted by Crippen LogP contribution is 2.12. The standard InChI is InChI=1S/C14H17F2N/c1-3-5-13(17-8-4-2)9-11-6-7-12(15)10-14(11)16/h1,6-7,10,13,17H,4-5,8-9H2,2H3. The van der Waals surface area contributed by atoms with Crippen LogP contribution in [0.3, 0.4) is 0 Å². The summed E-state index contributed by atoms with van der Waals surface area (Å²) in [6.45, 7) is 2.90. The zero-order valence-corrected chi connectivity index (χ0v) is 9.97. The fourth-order valence-corrected chi connectivity index (χ4v) is 1.66. The van der Waals surface area contributed by atoms with Gasteiger partial charge in [-0.3, -0.25) is 0 Å². The van der Waals surface area contributed by atoms with Crippen LogP contribution in [-0.4, -0.2) is 12.6 Å². The lowest BCUT2D eigenvalue weighted by atomic mass is 10.0. The predicted molar refractivity (Wildman–Crippen MR) is 65.6 cm³/mol. The molecule has 1 aromatic carbocycles. The molecule has 0 radical (unpaired) electrons. The number of terminal acetylenes is 1. The topological polar surface area (TPSA) is 12.0 Å². The van der Waals surface area contributed by atoms with Crippen LogP contribution in [0, 0.1) is 24.0 Å². The van der Waals surface area contributed by atoms with Crippen LogP contribution in [0.1, 0.15) is 25.3 Å². The normalized spacial score (nSPS) is 12.1. The fraction of sp³-hybridized carbons (Fsp3) is 0.429. The minimum atomic E-state index is -0.554. The summed E-state index contributed by atoms with van der Waals surface area (Å²) in [6.07, 6.45) is 7.29. The van der Waals surface area contributed by atoms with Crippen LogP contribution >= 0.6 is 0 Å². The Kier molecular flexibility index (Phi) is 5.65. The van der Waals surface area contributed by atoms with Crippen LogP contribution in [0.2, 0.25) is 0 Å². The van der Waals surface area contributed by atoms with Crippen LogP contribution in [0.25, 0.3) is 0 Å². The Hall–Kier alpha value is -1.40. The first-order valence-corrected chi connectivity index (χ1v) is 5.78. The molecule has 0 saturated heterocycles. The maximum absolute atomic E-state index is 13.5. The molecular weight excluding hydrogens is 220 g/mol. The molecule has 1 unspecified atom stereocenters. The van der Waals surface area contributed by atoms with Gasteiger partial charge in [0.15, 0.2) is 0 Å². The molecule has 0 aliphatic rings. The highest BCUT2D eigenvalue weighted by molar-refractivity contribution is 5.20. The van der Waals surface area contributed by atoms with Crippen LogP contribution < -0.4 is 5.32 Å². The SMILES string of the molecule is C#CCC(Cc1ccc(F)cc1F)NCCC. The summed E-state index contributed by atoms with van der Waals surface area (Å²) in [6, 6.07) is 3.69. The second kappa shape index (κ2) is 7.03. The fourth-order valence-electron chi connectivity index (χ4n) is 1.66. The maximum Gasteiger partial charge on any atom is 0.129 e. The van der Waals surface area contributed by atoms with Crippen molar-refractivity contribution < 1.29 is 8.78 Å². The molecule has 0 aromatic heterocycles. The van der Waals surface area contributed by atoms with E-state index in [-0.39, 0.29) is 6.04 Å². The van der Waals surface area contributed by atoms with Crippen molar-refractivity contribution in [2.75, 3.05) is 6.54 Å². The van der Waals surface area contributed by atoms with Crippen molar-refractivity contribution in [2.24, 2.45) is 0 Å². The highest BCUT2D eigenvalue weighted by Gasteiger charge is 2.11. The van der Waals surface area contributed by atoms with Gasteiger partial charge in [0.25, 0.3) is 0 Å². The van der Waals surface area contributed by atoms with Gasteiger partial charge in [-0.2, -0.15) is 0 Å². The molecule has 0 fully saturated rings. The quantitative estimate of drug-likeness (QED) is 0.750. The van der Waals surface area contributed by atoms with E-state index in [9.17, 15) is 8.78 Å². The van der Waals surface area contributed by atoms with Crippen LogP contribution in [-0.2, 0) is 6.42 Å². The number of hydrogen-bond acceptors (Lipinski definition) is 1. The molecule has 92 valence electrons. The Morgan fingerprint density at radius 3 is 2.76 bits per heavy atom. The average molecular weight is 237 g/mol. The molecule has 0 heterocycles. The van der Waals surface area contributed by atoms with Crippen molar-refractivity contribution in [3.8, 4) is 12.3 Å². The molecule has 1 N–H and O–H groups in total. The first-order valence-electron chi connectivity index (χ1n) is 5.78. The van der Waals surface area contributed by atoms with E-state index in [0.717, 1.165) is 19.0 Å². The number of nitrogens with one attached hydrogen (secondary N) is 1. The van der Waals surface area contributed by atoms with Gasteiger partial charge in [-0.25, -0.2) is 8.78 Å². The third-order valence-electron chi connectivity index (χ3n) is 2.53. The van der Waals surface area contributed by atoms with Crippen molar-refractivity contribution >= 4 is 0 Å². The van der Waals surface area contributed by atoms with E-state index in [0.29, 0.717) is 18.4 Å². The summed E-state index contributed by atoms with van der Waals surface area (Å²) in [5.74, 6) is 1.51. The summed E-state index contributed by atoms with van der Waals surface area (Å²) >= 11 is 0. The molecule has 0 aliphatic carbocycles. The molecule has 0 amide bonds. The first kappa shape index (κ1) is 13.7. The smallest absolute Gasteiger partial charge is 0.129 e. The number of rotatable bonds is 6. The van der Waals surface area contributed by atoms with Gasteiger partial charge in [0.05, 0.1) is 0 Å². The van der Waals surface area contributed by atoms with Gasteiger partial charge in [0.1, 0.15) is 11.6 Å². The summed E-state index contributed by atoms with van der Waals surface area (Å²) in [5, 5.41) is 3.26. The Balaban J connectivity index is 2.68. The van der Waals surface area contributed by atoms with E-state index in [1.165, 1.54) is 12.1 Å². The first-order chi connectivity index (χ1) is 8.17. The largest absolute Gasteiger partial charge is 0.313 e. The van der Waals surface area contributed by atoms with Gasteiger partial charge in [-0.1, -0.05) is 13.0 Å². The lowest BCUT2D eigenvalue weighted by molar-refractivity contribution is 0.499. The van der Waals surface area contributed by atoms with Crippen molar-refractivity contribution in [2.45, 2.75) is 32.2 Å². The molecule has 0 bridgehead atoms. The van der Waals surface area contributed by atoms with Crippen molar-refractivity contribution in [3.63, 3.8) is 0 Å². The van der Waals surface area contributed by atoms with E-state index in [1.54, 1.807) is 0 Å². The van der Waals surface area contributed by atoms with Gasteiger partial charge >= 0.3 is 0 Å². The van der Waals surface area contributed by atoms with E-state index >= 15 is 0 Å². The molecule has 0 spiro atoms. The van der Waals surface area contributed by atoms with E-state index in [1.807, 2.05) is 0 Å². The Labute approximate surface area is 101 Å². The Morgan fingerprint density at radius 2 is 2.18 bits per heavy atom. The maximum atomic E-state index is 13.5. The van der Waals surface area contributed by atoms with Gasteiger partial charge in [0, 0.05) is 18.5 Å². The minimum Gasteiger partial charge on any atom is -0.313 e. The molecule has 1 nitrogen and oxygen atoms in total. The van der Waals surface area contributed by atoms with E-state index < -0.39 is 11.6 Å². The highest BCUT2D eigenvalue weighted by atomic mass is 19.1. The Bertz CT molecular complexity index is 396. The van der Waals surface area contributed by atoms with E-state index in [2.05, 4.69) is 18.2 Å². The third-order valence-corrected chi connectivity index (χ3v) is 2.53. The minimum absolute atomic E-state index is 0.0416. The van der Waals surface area contributed by atoms with Crippen molar-refractivity contribution in [1.82, 2.24) is 5.32 Å². The molecular formula is C14H17F2N. The number of hydrogen-bond donors (Lipinski definition) is 1. The van der Waals surface area contributed by atoms with Gasteiger partial charge in [0.2, 0.25) is 0 Å².